The quantitative estimate of drug-likeness (QED) is 0.847. The van der Waals surface area contributed by atoms with E-state index in [1.54, 1.807) is 19.0 Å². The van der Waals surface area contributed by atoms with Crippen LogP contribution >= 0.6 is 0 Å². The molecule has 0 spiro atoms. The van der Waals surface area contributed by atoms with Crippen LogP contribution in [0.3, 0.4) is 0 Å². The lowest BCUT2D eigenvalue weighted by Gasteiger charge is -2.33. The summed E-state index contributed by atoms with van der Waals surface area (Å²) in [6.07, 6.45) is 6.19. The number of nitrogens with one attached hydrogen (secondary N) is 1. The number of carbonyl (C=O) groups excluding carboxylic acids is 2. The molecule has 0 radical (unpaired) electrons. The fourth-order valence-electron chi connectivity index (χ4n) is 4.11. The van der Waals surface area contributed by atoms with Gasteiger partial charge in [0.2, 0.25) is 5.91 Å². The first kappa shape index (κ1) is 17.5. The van der Waals surface area contributed by atoms with Gasteiger partial charge in [0.25, 0.3) is 0 Å². The number of nitrogens with zero attached hydrogens (tertiary/aromatic N) is 3. The van der Waals surface area contributed by atoms with Gasteiger partial charge in [-0.2, -0.15) is 0 Å². The molecule has 0 aromatic rings. The third-order valence-electron chi connectivity index (χ3n) is 5.83. The first-order valence-electron chi connectivity index (χ1n) is 9.45. The molecule has 3 amide bonds. The van der Waals surface area contributed by atoms with Crippen molar-refractivity contribution in [3.05, 3.63) is 0 Å². The molecule has 0 unspecified atom stereocenters. The molecule has 1 saturated carbocycles. The van der Waals surface area contributed by atoms with Crippen LogP contribution in [0.15, 0.2) is 0 Å². The van der Waals surface area contributed by atoms with E-state index in [2.05, 4.69) is 17.1 Å². The molecule has 6 heteroatoms. The van der Waals surface area contributed by atoms with Crippen LogP contribution in [0.2, 0.25) is 0 Å². The molecule has 24 heavy (non-hydrogen) atoms. The predicted molar refractivity (Wildman–Crippen MR) is 93.7 cm³/mol. The van der Waals surface area contributed by atoms with Gasteiger partial charge in [-0.3, -0.25) is 9.69 Å². The normalized spacial score (nSPS) is 28.9. The van der Waals surface area contributed by atoms with E-state index in [4.69, 9.17) is 0 Å². The third kappa shape index (κ3) is 4.21. The minimum Gasteiger partial charge on any atom is -0.349 e. The second-order valence-electron chi connectivity index (χ2n) is 8.08. The molecule has 2 aliphatic heterocycles. The number of rotatable bonds is 4. The van der Waals surface area contributed by atoms with E-state index in [-0.39, 0.29) is 11.9 Å². The molecular formula is C18H32N4O2. The Morgan fingerprint density at radius 3 is 2.38 bits per heavy atom. The van der Waals surface area contributed by atoms with Crippen LogP contribution < -0.4 is 5.32 Å². The number of hydrogen-bond donors (Lipinski definition) is 1. The van der Waals surface area contributed by atoms with Gasteiger partial charge in [0.05, 0.1) is 0 Å². The van der Waals surface area contributed by atoms with E-state index in [9.17, 15) is 9.59 Å². The van der Waals surface area contributed by atoms with Gasteiger partial charge >= 0.3 is 6.03 Å². The molecule has 0 aromatic carbocycles. The van der Waals surface area contributed by atoms with Crippen molar-refractivity contribution >= 4 is 11.9 Å². The van der Waals surface area contributed by atoms with Crippen molar-refractivity contribution in [3.63, 3.8) is 0 Å². The van der Waals surface area contributed by atoms with Crippen molar-refractivity contribution in [2.24, 2.45) is 5.92 Å². The Morgan fingerprint density at radius 2 is 1.79 bits per heavy atom. The fourth-order valence-corrected chi connectivity index (χ4v) is 4.11. The zero-order valence-electron chi connectivity index (χ0n) is 15.3. The van der Waals surface area contributed by atoms with Gasteiger partial charge in [-0.15, -0.1) is 0 Å². The van der Waals surface area contributed by atoms with Crippen LogP contribution in [-0.2, 0) is 4.79 Å². The molecular weight excluding hydrogens is 304 g/mol. The van der Waals surface area contributed by atoms with Crippen LogP contribution in [-0.4, -0.2) is 78.5 Å². The number of amides is 3. The lowest BCUT2D eigenvalue weighted by molar-refractivity contribution is -0.129. The topological polar surface area (TPSA) is 55.9 Å². The molecule has 0 bridgehead atoms. The number of carbonyl (C=O) groups is 2. The number of urea groups is 1. The van der Waals surface area contributed by atoms with Gasteiger partial charge in [0, 0.05) is 58.3 Å². The van der Waals surface area contributed by atoms with E-state index in [1.807, 2.05) is 4.90 Å². The van der Waals surface area contributed by atoms with Crippen LogP contribution in [0, 0.1) is 5.92 Å². The molecule has 136 valence electrons. The van der Waals surface area contributed by atoms with Gasteiger partial charge in [-0.05, 0) is 44.9 Å². The summed E-state index contributed by atoms with van der Waals surface area (Å²) in [7, 11) is 3.61. The summed E-state index contributed by atoms with van der Waals surface area (Å²) in [5.74, 6) is 0.610. The number of piperidine rings is 1. The largest absolute Gasteiger partial charge is 0.349 e. The first-order chi connectivity index (χ1) is 11.4. The molecule has 3 rings (SSSR count). The monoisotopic (exact) mass is 336 g/mol. The molecule has 6 nitrogen and oxygen atoms in total. The summed E-state index contributed by atoms with van der Waals surface area (Å²) in [4.78, 5) is 30.5. The maximum Gasteiger partial charge on any atom is 0.317 e. The van der Waals surface area contributed by atoms with E-state index < -0.39 is 0 Å². The maximum atomic E-state index is 12.5. The lowest BCUT2D eigenvalue weighted by Crippen LogP contribution is -2.48. The Bertz CT molecular complexity index is 470. The van der Waals surface area contributed by atoms with Crippen LogP contribution in [0.1, 0.15) is 45.4 Å². The molecule has 1 N–H and O–H groups in total. The molecule has 2 saturated heterocycles. The van der Waals surface area contributed by atoms with Gasteiger partial charge in [-0.1, -0.05) is 0 Å². The third-order valence-corrected chi connectivity index (χ3v) is 5.83. The lowest BCUT2D eigenvalue weighted by atomic mass is 9.93. The summed E-state index contributed by atoms with van der Waals surface area (Å²) in [6, 6.07) is 1.74. The summed E-state index contributed by atoms with van der Waals surface area (Å²) < 4.78 is 0. The standard InChI is InChI=1S/C18H32N4O2/c1-13-10-15(12-22(13)16-4-5-16)19-18(24)21-8-6-14(7-9-21)11-17(23)20(2)3/h13-16H,4-12H2,1-3H3,(H,19,24)/t13-,15-/m1/s1. The summed E-state index contributed by atoms with van der Waals surface area (Å²) in [6.45, 7) is 4.82. The zero-order chi connectivity index (χ0) is 17.3. The van der Waals surface area contributed by atoms with E-state index >= 15 is 0 Å². The minimum absolute atomic E-state index is 0.0854. The Balaban J connectivity index is 1.40. The van der Waals surface area contributed by atoms with Crippen LogP contribution in [0.4, 0.5) is 4.79 Å². The molecule has 1 aliphatic carbocycles. The van der Waals surface area contributed by atoms with Crippen molar-refractivity contribution in [1.29, 1.82) is 0 Å². The first-order valence-corrected chi connectivity index (χ1v) is 9.45. The van der Waals surface area contributed by atoms with Gasteiger partial charge in [-0.25, -0.2) is 4.79 Å². The Morgan fingerprint density at radius 1 is 1.12 bits per heavy atom. The zero-order valence-corrected chi connectivity index (χ0v) is 15.3. The van der Waals surface area contributed by atoms with Crippen LogP contribution in [0.25, 0.3) is 0 Å². The summed E-state index contributed by atoms with van der Waals surface area (Å²) >= 11 is 0. The highest BCUT2D eigenvalue weighted by Crippen LogP contribution is 2.33. The second kappa shape index (κ2) is 7.30. The van der Waals surface area contributed by atoms with E-state index in [1.165, 1.54) is 12.8 Å². The summed E-state index contributed by atoms with van der Waals surface area (Å²) in [5, 5.41) is 3.24. The van der Waals surface area contributed by atoms with Gasteiger partial charge in [0.1, 0.15) is 0 Å². The molecule has 2 heterocycles. The second-order valence-corrected chi connectivity index (χ2v) is 8.08. The Labute approximate surface area is 145 Å². The fraction of sp³-hybridized carbons (Fsp3) is 0.889. The van der Waals surface area contributed by atoms with Crippen molar-refractivity contribution < 1.29 is 9.59 Å². The predicted octanol–water partition coefficient (Wildman–Crippen LogP) is 1.51. The average Bonchev–Trinajstić information content (AvgIpc) is 3.32. The molecule has 2 atom stereocenters. The van der Waals surface area contributed by atoms with E-state index in [0.717, 1.165) is 44.9 Å². The highest BCUT2D eigenvalue weighted by molar-refractivity contribution is 5.76. The van der Waals surface area contributed by atoms with E-state index in [0.29, 0.717) is 24.4 Å². The highest BCUT2D eigenvalue weighted by atomic mass is 16.2. The van der Waals surface area contributed by atoms with Gasteiger partial charge < -0.3 is 15.1 Å². The van der Waals surface area contributed by atoms with Crippen molar-refractivity contribution in [1.82, 2.24) is 20.0 Å². The SMILES string of the molecule is C[C@@H]1C[C@@H](NC(=O)N2CCC(CC(=O)N(C)C)CC2)CN1C1CC1. The van der Waals surface area contributed by atoms with Gasteiger partial charge in [0.15, 0.2) is 0 Å². The summed E-state index contributed by atoms with van der Waals surface area (Å²) in [5.41, 5.74) is 0. The minimum atomic E-state index is 0.0854. The molecule has 0 aromatic heterocycles. The smallest absolute Gasteiger partial charge is 0.317 e. The Kier molecular flexibility index (Phi) is 5.33. The Hall–Kier alpha value is -1.30. The van der Waals surface area contributed by atoms with Crippen LogP contribution in [0.5, 0.6) is 0 Å². The van der Waals surface area contributed by atoms with Crippen molar-refractivity contribution in [3.8, 4) is 0 Å². The molecule has 3 fully saturated rings. The number of likely N-dealkylation sites (tertiary alicyclic amines) is 2. The van der Waals surface area contributed by atoms with Crippen molar-refractivity contribution in [2.45, 2.75) is 63.6 Å². The number of hydrogen-bond acceptors (Lipinski definition) is 3. The van der Waals surface area contributed by atoms with Crippen molar-refractivity contribution in [2.75, 3.05) is 33.7 Å². The average molecular weight is 336 g/mol. The highest BCUT2D eigenvalue weighted by Gasteiger charge is 2.39. The maximum absolute atomic E-state index is 12.5. The molecule has 3 aliphatic rings.